The van der Waals surface area contributed by atoms with Crippen LogP contribution in [0.4, 0.5) is 10.1 Å². The van der Waals surface area contributed by atoms with Gasteiger partial charge in [-0.1, -0.05) is 18.2 Å². The van der Waals surface area contributed by atoms with Crippen LogP contribution >= 0.6 is 0 Å². The molecule has 1 aromatic rings. The van der Waals surface area contributed by atoms with E-state index < -0.39 is 0 Å². The van der Waals surface area contributed by atoms with Crippen molar-refractivity contribution in [3.05, 3.63) is 41.9 Å². The Morgan fingerprint density at radius 2 is 2.20 bits per heavy atom. The summed E-state index contributed by atoms with van der Waals surface area (Å²) in [6.07, 6.45) is 3.63. The molecule has 0 spiro atoms. The fourth-order valence-electron chi connectivity index (χ4n) is 2.49. The quantitative estimate of drug-likeness (QED) is 0.920. The zero-order chi connectivity index (χ0) is 14.5. The van der Waals surface area contributed by atoms with Gasteiger partial charge in [-0.05, 0) is 38.8 Å². The van der Waals surface area contributed by atoms with Crippen LogP contribution in [0.15, 0.2) is 36.0 Å². The summed E-state index contributed by atoms with van der Waals surface area (Å²) in [4.78, 5) is 14.1. The fraction of sp³-hybridized carbons (Fsp3) is 0.438. The molecule has 3 nitrogen and oxygen atoms in total. The van der Waals surface area contributed by atoms with E-state index in [1.54, 1.807) is 12.1 Å². The second-order valence-electron chi connectivity index (χ2n) is 5.20. The number of hydrogen-bond donors (Lipinski definition) is 1. The summed E-state index contributed by atoms with van der Waals surface area (Å²) < 4.78 is 13.8. The molecule has 2 rings (SSSR count). The largest absolute Gasteiger partial charge is 0.368 e. The Morgan fingerprint density at radius 3 is 2.90 bits per heavy atom. The minimum Gasteiger partial charge on any atom is -0.368 e. The van der Waals surface area contributed by atoms with Crippen molar-refractivity contribution in [1.82, 2.24) is 5.32 Å². The molecular formula is C16H21FN2O. The van der Waals surface area contributed by atoms with E-state index in [1.807, 2.05) is 30.9 Å². The summed E-state index contributed by atoms with van der Waals surface area (Å²) in [6.45, 7) is 5.13. The monoisotopic (exact) mass is 276 g/mol. The van der Waals surface area contributed by atoms with Crippen molar-refractivity contribution in [2.24, 2.45) is 5.92 Å². The van der Waals surface area contributed by atoms with E-state index in [0.717, 1.165) is 25.1 Å². The first-order valence-corrected chi connectivity index (χ1v) is 7.05. The van der Waals surface area contributed by atoms with Gasteiger partial charge in [-0.3, -0.25) is 4.79 Å². The second kappa shape index (κ2) is 6.55. The third kappa shape index (κ3) is 3.38. The zero-order valence-electron chi connectivity index (χ0n) is 12.0. The van der Waals surface area contributed by atoms with Gasteiger partial charge in [0.05, 0.1) is 11.6 Å². The summed E-state index contributed by atoms with van der Waals surface area (Å²) in [7, 11) is 0. The molecule has 0 unspecified atom stereocenters. The van der Waals surface area contributed by atoms with Gasteiger partial charge in [0, 0.05) is 18.8 Å². The highest BCUT2D eigenvalue weighted by molar-refractivity contribution is 5.81. The number of piperidine rings is 1. The van der Waals surface area contributed by atoms with Crippen LogP contribution in [0.5, 0.6) is 0 Å². The van der Waals surface area contributed by atoms with Gasteiger partial charge in [0.25, 0.3) is 0 Å². The Bertz CT molecular complexity index is 513. The third-order valence-electron chi connectivity index (χ3n) is 3.74. The maximum Gasteiger partial charge on any atom is 0.229 e. The number of anilines is 1. The highest BCUT2D eigenvalue weighted by atomic mass is 19.1. The standard InChI is InChI=1S/C16H21FN2O/c1-3-12(2)18-16(20)13-7-6-10-19(11-13)15-9-5-4-8-14(15)17/h3-5,8-9,13H,6-7,10-11H2,1-2H3,(H,18,20)/b12-3+/t13-/m0/s1. The highest BCUT2D eigenvalue weighted by Crippen LogP contribution is 2.25. The lowest BCUT2D eigenvalue weighted by Gasteiger charge is -2.33. The zero-order valence-corrected chi connectivity index (χ0v) is 12.0. The predicted molar refractivity (Wildman–Crippen MR) is 78.9 cm³/mol. The van der Waals surface area contributed by atoms with Gasteiger partial charge in [-0.15, -0.1) is 0 Å². The molecule has 1 aliphatic heterocycles. The van der Waals surface area contributed by atoms with Crippen molar-refractivity contribution in [2.75, 3.05) is 18.0 Å². The maximum atomic E-state index is 13.8. The Hall–Kier alpha value is -1.84. The number of allylic oxidation sites excluding steroid dienone is 2. The Labute approximate surface area is 119 Å². The molecule has 108 valence electrons. The molecule has 1 fully saturated rings. The number of halogens is 1. The van der Waals surface area contributed by atoms with Crippen LogP contribution in [0.1, 0.15) is 26.7 Å². The van der Waals surface area contributed by atoms with Crippen molar-refractivity contribution in [2.45, 2.75) is 26.7 Å². The van der Waals surface area contributed by atoms with E-state index >= 15 is 0 Å². The van der Waals surface area contributed by atoms with E-state index in [4.69, 9.17) is 0 Å². The van der Waals surface area contributed by atoms with Crippen molar-refractivity contribution >= 4 is 11.6 Å². The van der Waals surface area contributed by atoms with Gasteiger partial charge in [0.2, 0.25) is 5.91 Å². The Balaban J connectivity index is 2.05. The molecule has 0 aliphatic carbocycles. The smallest absolute Gasteiger partial charge is 0.229 e. The van der Waals surface area contributed by atoms with Gasteiger partial charge in [-0.2, -0.15) is 0 Å². The summed E-state index contributed by atoms with van der Waals surface area (Å²) in [5.41, 5.74) is 1.45. The SMILES string of the molecule is C/C=C(\C)NC(=O)[C@H]1CCCN(c2ccccc2F)C1. The first-order chi connectivity index (χ1) is 9.61. The topological polar surface area (TPSA) is 32.3 Å². The number of amides is 1. The van der Waals surface area contributed by atoms with E-state index in [-0.39, 0.29) is 17.6 Å². The molecule has 1 amide bonds. The van der Waals surface area contributed by atoms with E-state index in [2.05, 4.69) is 5.32 Å². The minimum absolute atomic E-state index is 0.0293. The van der Waals surface area contributed by atoms with E-state index in [9.17, 15) is 9.18 Å². The van der Waals surface area contributed by atoms with Crippen molar-refractivity contribution in [3.8, 4) is 0 Å². The molecule has 0 radical (unpaired) electrons. The molecule has 1 aliphatic rings. The number of rotatable bonds is 3. The number of benzene rings is 1. The van der Waals surface area contributed by atoms with Crippen LogP contribution in [0.2, 0.25) is 0 Å². The average Bonchev–Trinajstić information content (AvgIpc) is 2.47. The second-order valence-corrected chi connectivity index (χ2v) is 5.20. The van der Waals surface area contributed by atoms with Crippen molar-refractivity contribution < 1.29 is 9.18 Å². The molecule has 1 N–H and O–H groups in total. The van der Waals surface area contributed by atoms with Gasteiger partial charge in [0.1, 0.15) is 5.82 Å². The number of carbonyl (C=O) groups is 1. The molecule has 0 aromatic heterocycles. The van der Waals surface area contributed by atoms with Crippen LogP contribution in [-0.4, -0.2) is 19.0 Å². The van der Waals surface area contributed by atoms with Crippen LogP contribution in [-0.2, 0) is 4.79 Å². The number of hydrogen-bond acceptors (Lipinski definition) is 2. The van der Waals surface area contributed by atoms with Crippen LogP contribution in [0.25, 0.3) is 0 Å². The summed E-state index contributed by atoms with van der Waals surface area (Å²) in [5, 5.41) is 2.89. The summed E-state index contributed by atoms with van der Waals surface area (Å²) >= 11 is 0. The fourth-order valence-corrected chi connectivity index (χ4v) is 2.49. The molecule has 0 bridgehead atoms. The van der Waals surface area contributed by atoms with Gasteiger partial charge in [0.15, 0.2) is 0 Å². The highest BCUT2D eigenvalue weighted by Gasteiger charge is 2.26. The molecule has 1 heterocycles. The maximum absolute atomic E-state index is 13.8. The molecule has 0 saturated carbocycles. The normalized spacial score (nSPS) is 19.9. The molecule has 1 aromatic carbocycles. The lowest BCUT2D eigenvalue weighted by atomic mass is 9.96. The first kappa shape index (κ1) is 14.6. The van der Waals surface area contributed by atoms with Crippen molar-refractivity contribution in [3.63, 3.8) is 0 Å². The van der Waals surface area contributed by atoms with Crippen molar-refractivity contribution in [1.29, 1.82) is 0 Å². The Morgan fingerprint density at radius 1 is 1.45 bits per heavy atom. The predicted octanol–water partition coefficient (Wildman–Crippen LogP) is 3.08. The van der Waals surface area contributed by atoms with Crippen LogP contribution in [0, 0.1) is 11.7 Å². The molecule has 1 saturated heterocycles. The lowest BCUT2D eigenvalue weighted by Crippen LogP contribution is -2.43. The Kier molecular flexibility index (Phi) is 4.77. The van der Waals surface area contributed by atoms with Gasteiger partial charge >= 0.3 is 0 Å². The molecule has 4 heteroatoms. The third-order valence-corrected chi connectivity index (χ3v) is 3.74. The number of nitrogens with zero attached hydrogens (tertiary/aromatic N) is 1. The van der Waals surface area contributed by atoms with E-state index in [1.165, 1.54) is 6.07 Å². The average molecular weight is 276 g/mol. The lowest BCUT2D eigenvalue weighted by molar-refractivity contribution is -0.124. The number of nitrogens with one attached hydrogen (secondary N) is 1. The van der Waals surface area contributed by atoms with Gasteiger partial charge in [-0.25, -0.2) is 4.39 Å². The number of para-hydroxylation sites is 1. The molecule has 20 heavy (non-hydrogen) atoms. The molecule has 1 atom stereocenters. The first-order valence-electron chi connectivity index (χ1n) is 7.05. The minimum atomic E-state index is -0.224. The summed E-state index contributed by atoms with van der Waals surface area (Å²) in [6, 6.07) is 6.74. The molecular weight excluding hydrogens is 255 g/mol. The van der Waals surface area contributed by atoms with Crippen LogP contribution in [0.3, 0.4) is 0 Å². The van der Waals surface area contributed by atoms with E-state index in [0.29, 0.717) is 12.2 Å². The number of carbonyl (C=O) groups excluding carboxylic acids is 1. The summed E-state index contributed by atoms with van der Waals surface area (Å²) in [5.74, 6) is -0.280. The van der Waals surface area contributed by atoms with Gasteiger partial charge < -0.3 is 10.2 Å². The van der Waals surface area contributed by atoms with Crippen LogP contribution < -0.4 is 10.2 Å².